The van der Waals surface area contributed by atoms with Crippen molar-refractivity contribution in [2.75, 3.05) is 5.75 Å². The van der Waals surface area contributed by atoms with Gasteiger partial charge in [0.15, 0.2) is 5.16 Å². The van der Waals surface area contributed by atoms with E-state index >= 15 is 0 Å². The summed E-state index contributed by atoms with van der Waals surface area (Å²) in [6.07, 6.45) is 0.0524. The Morgan fingerprint density at radius 2 is 2.44 bits per heavy atom. The fourth-order valence-electron chi connectivity index (χ4n) is 1.15. The monoisotopic (exact) mass is 256 g/mol. The van der Waals surface area contributed by atoms with Crippen molar-refractivity contribution in [3.05, 3.63) is 21.8 Å². The molecule has 0 atom stereocenters. The third-order valence-corrected chi connectivity index (χ3v) is 3.55. The highest BCUT2D eigenvalue weighted by atomic mass is 32.2. The molecule has 0 aromatic carbocycles. The van der Waals surface area contributed by atoms with Crippen molar-refractivity contribution in [3.63, 3.8) is 0 Å². The maximum absolute atomic E-state index is 11.5. The van der Waals surface area contributed by atoms with E-state index in [1.807, 2.05) is 0 Å². The molecule has 0 unspecified atom stereocenters. The number of rotatable bonds is 4. The van der Waals surface area contributed by atoms with Crippen molar-refractivity contribution < 1.29 is 9.90 Å². The summed E-state index contributed by atoms with van der Waals surface area (Å²) in [5, 5.41) is 11.3. The van der Waals surface area contributed by atoms with Gasteiger partial charge in [-0.3, -0.25) is 9.59 Å². The summed E-state index contributed by atoms with van der Waals surface area (Å²) in [5.74, 6) is -0.457. The zero-order valence-electron chi connectivity index (χ0n) is 8.10. The predicted octanol–water partition coefficient (Wildman–Crippen LogP) is 1.55. The smallest absolute Gasteiger partial charge is 0.304 e. The van der Waals surface area contributed by atoms with Crippen molar-refractivity contribution in [2.45, 2.75) is 11.6 Å². The molecule has 0 aliphatic heterocycles. The van der Waals surface area contributed by atoms with Gasteiger partial charge in [-0.2, -0.15) is 0 Å². The quantitative estimate of drug-likeness (QED) is 0.640. The summed E-state index contributed by atoms with van der Waals surface area (Å²) in [4.78, 5) is 29.4. The number of nitrogens with zero attached hydrogens (tertiary/aromatic N) is 1. The first-order chi connectivity index (χ1) is 7.66. The highest BCUT2D eigenvalue weighted by molar-refractivity contribution is 7.99. The molecule has 0 spiro atoms. The van der Waals surface area contributed by atoms with Crippen LogP contribution in [-0.2, 0) is 4.79 Å². The Hall–Kier alpha value is -1.34. The van der Waals surface area contributed by atoms with Crippen LogP contribution in [0.1, 0.15) is 6.42 Å². The van der Waals surface area contributed by atoms with E-state index in [9.17, 15) is 9.59 Å². The lowest BCUT2D eigenvalue weighted by Gasteiger charge is -1.98. The molecule has 0 fully saturated rings. The molecule has 0 radical (unpaired) electrons. The molecule has 5 nitrogen and oxygen atoms in total. The molecule has 0 aliphatic carbocycles. The molecule has 0 amide bonds. The van der Waals surface area contributed by atoms with Gasteiger partial charge in [0, 0.05) is 5.75 Å². The van der Waals surface area contributed by atoms with Crippen molar-refractivity contribution in [1.29, 1.82) is 0 Å². The van der Waals surface area contributed by atoms with E-state index in [1.54, 1.807) is 11.4 Å². The number of aromatic amines is 1. The number of aliphatic carboxylic acids is 1. The molecule has 2 heterocycles. The third kappa shape index (κ3) is 2.42. The summed E-state index contributed by atoms with van der Waals surface area (Å²) >= 11 is 2.63. The largest absolute Gasteiger partial charge is 0.481 e. The van der Waals surface area contributed by atoms with Gasteiger partial charge in [-0.05, 0) is 11.4 Å². The molecule has 0 saturated heterocycles. The molecule has 7 heteroatoms. The lowest BCUT2D eigenvalue weighted by molar-refractivity contribution is -0.136. The first-order valence-electron chi connectivity index (χ1n) is 4.49. The van der Waals surface area contributed by atoms with E-state index in [1.165, 1.54) is 23.1 Å². The van der Waals surface area contributed by atoms with Crippen LogP contribution in [0.25, 0.3) is 10.2 Å². The van der Waals surface area contributed by atoms with E-state index in [2.05, 4.69) is 9.97 Å². The van der Waals surface area contributed by atoms with Gasteiger partial charge in [0.2, 0.25) is 0 Å². The minimum absolute atomic E-state index is 0.0524. The van der Waals surface area contributed by atoms with E-state index in [0.29, 0.717) is 21.1 Å². The van der Waals surface area contributed by atoms with Crippen LogP contribution in [0.5, 0.6) is 0 Å². The number of thiophene rings is 1. The summed E-state index contributed by atoms with van der Waals surface area (Å²) < 4.78 is 0. The van der Waals surface area contributed by atoms with E-state index in [0.717, 1.165) is 0 Å². The number of carboxylic acids is 1. The number of nitrogens with one attached hydrogen (secondary N) is 1. The number of H-pyrrole nitrogens is 1. The summed E-state index contributed by atoms with van der Waals surface area (Å²) in [6, 6.07) is 1.72. The Labute approximate surface area is 98.5 Å². The van der Waals surface area contributed by atoms with Gasteiger partial charge >= 0.3 is 5.97 Å². The van der Waals surface area contributed by atoms with Crippen LogP contribution in [0.15, 0.2) is 21.4 Å². The van der Waals surface area contributed by atoms with Crippen LogP contribution < -0.4 is 5.56 Å². The number of aromatic nitrogens is 2. The molecule has 16 heavy (non-hydrogen) atoms. The highest BCUT2D eigenvalue weighted by Gasteiger charge is 2.06. The third-order valence-electron chi connectivity index (χ3n) is 1.87. The molecular formula is C9H8N2O3S2. The minimum atomic E-state index is -0.855. The first-order valence-corrected chi connectivity index (χ1v) is 6.35. The normalized spacial score (nSPS) is 10.8. The van der Waals surface area contributed by atoms with Crippen molar-refractivity contribution in [1.82, 2.24) is 9.97 Å². The summed E-state index contributed by atoms with van der Waals surface area (Å²) in [5.41, 5.74) is -0.177. The molecule has 2 aromatic heterocycles. The van der Waals surface area contributed by atoms with Gasteiger partial charge in [-0.15, -0.1) is 11.3 Å². The SMILES string of the molecule is O=C(O)CCSc1nc2sccc2c(=O)[nH]1. The van der Waals surface area contributed by atoms with Gasteiger partial charge in [0.25, 0.3) is 5.56 Å². The number of carboxylic acid groups (broad SMARTS) is 1. The van der Waals surface area contributed by atoms with Crippen molar-refractivity contribution in [3.8, 4) is 0 Å². The Bertz CT molecular complexity index is 575. The fourth-order valence-corrected chi connectivity index (χ4v) is 2.76. The molecule has 2 rings (SSSR count). The lowest BCUT2D eigenvalue weighted by Crippen LogP contribution is -2.08. The highest BCUT2D eigenvalue weighted by Crippen LogP contribution is 2.18. The van der Waals surface area contributed by atoms with Crippen LogP contribution in [0.2, 0.25) is 0 Å². The predicted molar refractivity (Wildman–Crippen MR) is 63.2 cm³/mol. The van der Waals surface area contributed by atoms with Gasteiger partial charge in [0.1, 0.15) is 4.83 Å². The maximum Gasteiger partial charge on any atom is 0.304 e. The fraction of sp³-hybridized carbons (Fsp3) is 0.222. The number of hydrogen-bond acceptors (Lipinski definition) is 5. The second-order valence-electron chi connectivity index (χ2n) is 3.00. The first kappa shape index (κ1) is 11.2. The lowest BCUT2D eigenvalue weighted by atomic mass is 10.4. The second kappa shape index (κ2) is 4.67. The number of fused-ring (bicyclic) bond motifs is 1. The Balaban J connectivity index is 2.18. The van der Waals surface area contributed by atoms with Crippen LogP contribution in [0.4, 0.5) is 0 Å². The van der Waals surface area contributed by atoms with Crippen LogP contribution >= 0.6 is 23.1 Å². The van der Waals surface area contributed by atoms with Gasteiger partial charge in [0.05, 0.1) is 11.8 Å². The van der Waals surface area contributed by atoms with E-state index < -0.39 is 5.97 Å². The maximum atomic E-state index is 11.5. The van der Waals surface area contributed by atoms with Crippen LogP contribution in [0.3, 0.4) is 0 Å². The Kier molecular flexibility index (Phi) is 3.25. The zero-order chi connectivity index (χ0) is 11.5. The van der Waals surface area contributed by atoms with Crippen LogP contribution in [0, 0.1) is 0 Å². The van der Waals surface area contributed by atoms with E-state index in [-0.39, 0.29) is 12.0 Å². The molecular weight excluding hydrogens is 248 g/mol. The van der Waals surface area contributed by atoms with Crippen molar-refractivity contribution in [2.24, 2.45) is 0 Å². The average Bonchev–Trinajstić information content (AvgIpc) is 2.65. The van der Waals surface area contributed by atoms with Gasteiger partial charge in [-0.25, -0.2) is 4.98 Å². The second-order valence-corrected chi connectivity index (χ2v) is 4.98. The molecule has 0 aliphatic rings. The summed E-state index contributed by atoms with van der Waals surface area (Å²) in [7, 11) is 0. The van der Waals surface area contributed by atoms with Gasteiger partial charge in [-0.1, -0.05) is 11.8 Å². The van der Waals surface area contributed by atoms with Crippen molar-refractivity contribution >= 4 is 39.3 Å². The summed E-state index contributed by atoms with van der Waals surface area (Å²) in [6.45, 7) is 0. The molecule has 2 N–H and O–H groups in total. The Morgan fingerprint density at radius 3 is 3.19 bits per heavy atom. The van der Waals surface area contributed by atoms with Gasteiger partial charge < -0.3 is 10.1 Å². The standard InChI is InChI=1S/C9H8N2O3S2/c12-6(13)2-4-16-9-10-7(14)5-1-3-15-8(5)11-9/h1,3H,2,4H2,(H,12,13)(H,10,11,14). The van der Waals surface area contributed by atoms with Crippen LogP contribution in [-0.4, -0.2) is 26.8 Å². The number of carbonyl (C=O) groups is 1. The topological polar surface area (TPSA) is 83.0 Å². The Morgan fingerprint density at radius 1 is 1.62 bits per heavy atom. The molecule has 84 valence electrons. The average molecular weight is 256 g/mol. The molecule has 0 saturated carbocycles. The zero-order valence-corrected chi connectivity index (χ0v) is 9.73. The minimum Gasteiger partial charge on any atom is -0.481 e. The number of hydrogen-bond donors (Lipinski definition) is 2. The molecule has 0 bridgehead atoms. The molecule has 2 aromatic rings. The number of thioether (sulfide) groups is 1. The van der Waals surface area contributed by atoms with E-state index in [4.69, 9.17) is 5.11 Å².